The molecule has 0 unspecified atom stereocenters. The molecule has 2 rings (SSSR count). The van der Waals surface area contributed by atoms with Crippen molar-refractivity contribution in [2.45, 2.75) is 17.7 Å². The second-order valence-electron chi connectivity index (χ2n) is 3.65. The van der Waals surface area contributed by atoms with Crippen LogP contribution in [0.5, 0.6) is 0 Å². The van der Waals surface area contributed by atoms with Crippen LogP contribution < -0.4 is 4.72 Å². The molecule has 0 aromatic carbocycles. The van der Waals surface area contributed by atoms with Crippen molar-refractivity contribution >= 4 is 33.0 Å². The number of carboxylic acids is 1. The maximum Gasteiger partial charge on any atom is 0.336 e. The minimum atomic E-state index is -3.77. The van der Waals surface area contributed by atoms with Crippen molar-refractivity contribution in [2.75, 3.05) is 4.72 Å². The van der Waals surface area contributed by atoms with Crippen LogP contribution in [0.2, 0.25) is 0 Å². The standard InChI is InChI=1S/C10H11N3O4S2/c1-2-13-5-8(4-11-13)12-19(16,17)9-3-7(6-18-9)10(14)15/h3-6,12H,2H2,1H3,(H,14,15). The number of anilines is 1. The van der Waals surface area contributed by atoms with Gasteiger partial charge in [0.25, 0.3) is 10.0 Å². The molecule has 0 radical (unpaired) electrons. The highest BCUT2D eigenvalue weighted by atomic mass is 32.2. The Balaban J connectivity index is 2.24. The highest BCUT2D eigenvalue weighted by Crippen LogP contribution is 2.22. The largest absolute Gasteiger partial charge is 0.478 e. The fourth-order valence-electron chi connectivity index (χ4n) is 1.36. The molecule has 0 atom stereocenters. The second kappa shape index (κ2) is 5.02. The SMILES string of the molecule is CCn1cc(NS(=O)(=O)c2cc(C(=O)O)cs2)cn1. The molecule has 0 saturated carbocycles. The lowest BCUT2D eigenvalue weighted by Crippen LogP contribution is -2.11. The Morgan fingerprint density at radius 2 is 2.32 bits per heavy atom. The summed E-state index contributed by atoms with van der Waals surface area (Å²) < 4.78 is 27.9. The Bertz CT molecular complexity index is 702. The zero-order valence-corrected chi connectivity index (χ0v) is 11.5. The number of aryl methyl sites for hydroxylation is 1. The first-order chi connectivity index (χ1) is 8.92. The van der Waals surface area contributed by atoms with Crippen molar-refractivity contribution in [1.82, 2.24) is 9.78 Å². The Morgan fingerprint density at radius 3 is 2.84 bits per heavy atom. The second-order valence-corrected chi connectivity index (χ2v) is 6.47. The molecule has 0 fully saturated rings. The number of rotatable bonds is 5. The van der Waals surface area contributed by atoms with Gasteiger partial charge < -0.3 is 5.11 Å². The quantitative estimate of drug-likeness (QED) is 0.870. The van der Waals surface area contributed by atoms with Gasteiger partial charge >= 0.3 is 5.97 Å². The predicted octanol–water partition coefficient (Wildman–Crippen LogP) is 1.46. The maximum absolute atomic E-state index is 12.0. The van der Waals surface area contributed by atoms with Crippen LogP contribution in [0.25, 0.3) is 0 Å². The number of hydrogen-bond donors (Lipinski definition) is 2. The van der Waals surface area contributed by atoms with Crippen molar-refractivity contribution in [3.63, 3.8) is 0 Å². The molecule has 2 aromatic rings. The van der Waals surface area contributed by atoms with Crippen molar-refractivity contribution < 1.29 is 18.3 Å². The smallest absolute Gasteiger partial charge is 0.336 e. The molecule has 0 amide bonds. The Hall–Kier alpha value is -1.87. The van der Waals surface area contributed by atoms with E-state index in [1.165, 1.54) is 11.6 Å². The lowest BCUT2D eigenvalue weighted by atomic mass is 10.4. The van der Waals surface area contributed by atoms with E-state index in [1.807, 2.05) is 6.92 Å². The van der Waals surface area contributed by atoms with Crippen LogP contribution >= 0.6 is 11.3 Å². The number of aromatic carboxylic acids is 1. The summed E-state index contributed by atoms with van der Waals surface area (Å²) in [6.45, 7) is 2.51. The van der Waals surface area contributed by atoms with Gasteiger partial charge in [0.05, 0.1) is 17.4 Å². The molecule has 7 nitrogen and oxygen atoms in total. The summed E-state index contributed by atoms with van der Waals surface area (Å²) in [4.78, 5) is 10.7. The molecule has 0 aliphatic carbocycles. The number of nitrogens with one attached hydrogen (secondary N) is 1. The molecule has 0 bridgehead atoms. The van der Waals surface area contributed by atoms with Gasteiger partial charge in [0, 0.05) is 18.1 Å². The number of carbonyl (C=O) groups is 1. The lowest BCUT2D eigenvalue weighted by molar-refractivity contribution is 0.0697. The third-order valence-electron chi connectivity index (χ3n) is 2.30. The Kier molecular flexibility index (Phi) is 3.58. The van der Waals surface area contributed by atoms with Crippen molar-refractivity contribution in [3.8, 4) is 0 Å². The summed E-state index contributed by atoms with van der Waals surface area (Å²) in [6.07, 6.45) is 2.95. The first kappa shape index (κ1) is 13.6. The molecule has 0 saturated heterocycles. The van der Waals surface area contributed by atoms with Gasteiger partial charge in [0.15, 0.2) is 0 Å². The van der Waals surface area contributed by atoms with Crippen LogP contribution in [0.3, 0.4) is 0 Å². The number of aromatic nitrogens is 2. The van der Waals surface area contributed by atoms with E-state index >= 15 is 0 Å². The van der Waals surface area contributed by atoms with Gasteiger partial charge in [-0.15, -0.1) is 11.3 Å². The lowest BCUT2D eigenvalue weighted by Gasteiger charge is -2.02. The molecule has 0 spiro atoms. The van der Waals surface area contributed by atoms with E-state index in [1.54, 1.807) is 10.9 Å². The summed E-state index contributed by atoms with van der Waals surface area (Å²) in [5.41, 5.74) is 0.293. The summed E-state index contributed by atoms with van der Waals surface area (Å²) in [5, 5.41) is 14.0. The van der Waals surface area contributed by atoms with Gasteiger partial charge in [-0.1, -0.05) is 0 Å². The van der Waals surface area contributed by atoms with E-state index in [-0.39, 0.29) is 9.77 Å². The normalized spacial score (nSPS) is 11.4. The van der Waals surface area contributed by atoms with Crippen molar-refractivity contribution in [3.05, 3.63) is 29.4 Å². The first-order valence-electron chi connectivity index (χ1n) is 5.29. The highest BCUT2D eigenvalue weighted by Gasteiger charge is 2.19. The van der Waals surface area contributed by atoms with E-state index in [9.17, 15) is 13.2 Å². The van der Waals surface area contributed by atoms with E-state index in [0.29, 0.717) is 12.2 Å². The summed E-state index contributed by atoms with van der Waals surface area (Å²) in [7, 11) is -3.77. The minimum absolute atomic E-state index is 0.0466. The molecule has 0 aliphatic rings. The zero-order chi connectivity index (χ0) is 14.0. The van der Waals surface area contributed by atoms with Crippen LogP contribution in [0.1, 0.15) is 17.3 Å². The third kappa shape index (κ3) is 2.93. The first-order valence-corrected chi connectivity index (χ1v) is 7.66. The summed E-state index contributed by atoms with van der Waals surface area (Å²) in [5.74, 6) is -1.16. The van der Waals surface area contributed by atoms with Gasteiger partial charge in [0.1, 0.15) is 4.21 Å². The maximum atomic E-state index is 12.0. The van der Waals surface area contributed by atoms with Crippen LogP contribution in [0.15, 0.2) is 28.0 Å². The molecular weight excluding hydrogens is 290 g/mol. The Morgan fingerprint density at radius 1 is 1.58 bits per heavy atom. The molecule has 0 aliphatic heterocycles. The van der Waals surface area contributed by atoms with Gasteiger partial charge in [0.2, 0.25) is 0 Å². The zero-order valence-electron chi connectivity index (χ0n) is 9.90. The van der Waals surface area contributed by atoms with Gasteiger partial charge in [-0.2, -0.15) is 5.10 Å². The molecule has 2 heterocycles. The molecule has 9 heteroatoms. The van der Waals surface area contributed by atoms with Crippen LogP contribution in [0.4, 0.5) is 5.69 Å². The molecule has 2 N–H and O–H groups in total. The Labute approximate surface area is 113 Å². The van der Waals surface area contributed by atoms with E-state index < -0.39 is 16.0 Å². The number of sulfonamides is 1. The summed E-state index contributed by atoms with van der Waals surface area (Å²) in [6, 6.07) is 1.12. The van der Waals surface area contributed by atoms with Crippen LogP contribution in [-0.4, -0.2) is 29.3 Å². The summed E-state index contributed by atoms with van der Waals surface area (Å²) >= 11 is 0.858. The highest BCUT2D eigenvalue weighted by molar-refractivity contribution is 7.94. The van der Waals surface area contributed by atoms with Crippen molar-refractivity contribution in [2.24, 2.45) is 0 Å². The van der Waals surface area contributed by atoms with Gasteiger partial charge in [-0.3, -0.25) is 9.40 Å². The topological polar surface area (TPSA) is 101 Å². The van der Waals surface area contributed by atoms with Crippen LogP contribution in [-0.2, 0) is 16.6 Å². The fourth-order valence-corrected chi connectivity index (χ4v) is 3.55. The molecule has 102 valence electrons. The minimum Gasteiger partial charge on any atom is -0.478 e. The molecule has 2 aromatic heterocycles. The molecule has 19 heavy (non-hydrogen) atoms. The average Bonchev–Trinajstić information content (AvgIpc) is 2.95. The number of nitrogens with zero attached hydrogens (tertiary/aromatic N) is 2. The van der Waals surface area contributed by atoms with Crippen molar-refractivity contribution in [1.29, 1.82) is 0 Å². The van der Waals surface area contributed by atoms with Crippen LogP contribution in [0, 0.1) is 0 Å². The number of thiophene rings is 1. The number of hydrogen-bond acceptors (Lipinski definition) is 5. The van der Waals surface area contributed by atoms with E-state index in [2.05, 4.69) is 9.82 Å². The third-order valence-corrected chi connectivity index (χ3v) is 5.12. The average molecular weight is 301 g/mol. The van der Waals surface area contributed by atoms with E-state index in [0.717, 1.165) is 17.4 Å². The monoisotopic (exact) mass is 301 g/mol. The fraction of sp³-hybridized carbons (Fsp3) is 0.200. The predicted molar refractivity (Wildman–Crippen MR) is 70.0 cm³/mol. The van der Waals surface area contributed by atoms with Gasteiger partial charge in [-0.25, -0.2) is 13.2 Å². The van der Waals surface area contributed by atoms with E-state index in [4.69, 9.17) is 5.11 Å². The number of carboxylic acid groups (broad SMARTS) is 1. The van der Waals surface area contributed by atoms with Gasteiger partial charge in [-0.05, 0) is 13.0 Å². The molecular formula is C10H11N3O4S2.